The molecule has 1 amide bonds. The Labute approximate surface area is 208 Å². The Balaban J connectivity index is 1.76. The summed E-state index contributed by atoms with van der Waals surface area (Å²) in [6, 6.07) is 37.1. The Bertz CT molecular complexity index is 1540. The molecule has 1 heterocycles. The van der Waals surface area contributed by atoms with Crippen LogP contribution < -0.4 is 5.32 Å². The molecule has 0 saturated heterocycles. The minimum Gasteiger partial charge on any atom is -0.321 e. The van der Waals surface area contributed by atoms with E-state index in [1.165, 1.54) is 24.3 Å². The monoisotopic (exact) mass is 471 g/mol. The van der Waals surface area contributed by atoms with Gasteiger partial charge in [-0.1, -0.05) is 91.0 Å². The second-order valence-corrected chi connectivity index (χ2v) is 8.32. The molecule has 5 aromatic rings. The van der Waals surface area contributed by atoms with E-state index >= 15 is 0 Å². The number of anilines is 1. The predicted octanol–water partition coefficient (Wildman–Crippen LogP) is 7.13. The van der Waals surface area contributed by atoms with Crippen LogP contribution in [0.4, 0.5) is 10.2 Å². The summed E-state index contributed by atoms with van der Waals surface area (Å²) in [5.74, 6) is -0.444. The van der Waals surface area contributed by atoms with Crippen LogP contribution in [0.5, 0.6) is 0 Å². The van der Waals surface area contributed by atoms with Gasteiger partial charge in [0, 0.05) is 17.7 Å². The highest BCUT2D eigenvalue weighted by Gasteiger charge is 2.26. The van der Waals surface area contributed by atoms with E-state index in [0.29, 0.717) is 23.5 Å². The summed E-state index contributed by atoms with van der Waals surface area (Å²) in [4.78, 5) is 13.2. The number of nitriles is 1. The first-order valence-corrected chi connectivity index (χ1v) is 11.5. The zero-order valence-electron chi connectivity index (χ0n) is 19.4. The van der Waals surface area contributed by atoms with Gasteiger partial charge in [0.05, 0.1) is 5.69 Å². The molecule has 5 rings (SSSR count). The van der Waals surface area contributed by atoms with Gasteiger partial charge in [0.25, 0.3) is 5.91 Å². The minimum absolute atomic E-state index is 0.301. The summed E-state index contributed by atoms with van der Waals surface area (Å²) in [5, 5.41) is 13.3. The van der Waals surface area contributed by atoms with E-state index in [0.717, 1.165) is 27.9 Å². The molecular formula is C31H22FN3O. The molecule has 4 aromatic carbocycles. The highest BCUT2D eigenvalue weighted by molar-refractivity contribution is 6.06. The molecule has 0 spiro atoms. The lowest BCUT2D eigenvalue weighted by Gasteiger charge is -2.16. The van der Waals surface area contributed by atoms with Gasteiger partial charge in [-0.05, 0) is 41.0 Å². The minimum atomic E-state index is -0.422. The first kappa shape index (κ1) is 22.8. The molecule has 0 aliphatic rings. The van der Waals surface area contributed by atoms with Crippen LogP contribution in [0.15, 0.2) is 115 Å². The fourth-order valence-electron chi connectivity index (χ4n) is 4.34. The van der Waals surface area contributed by atoms with Gasteiger partial charge in [-0.25, -0.2) is 4.39 Å². The molecule has 36 heavy (non-hydrogen) atoms. The first-order chi connectivity index (χ1) is 17.7. The molecule has 0 radical (unpaired) electrons. The fraction of sp³-hybridized carbons (Fsp3) is 0.0323. The number of hydrogen-bond donors (Lipinski definition) is 1. The number of carbonyl (C=O) groups excluding carboxylic acids is 1. The lowest BCUT2D eigenvalue weighted by Crippen LogP contribution is -2.17. The number of nitrogens with one attached hydrogen (secondary N) is 1. The van der Waals surface area contributed by atoms with Crippen molar-refractivity contribution >= 4 is 11.7 Å². The maximum Gasteiger partial charge on any atom is 0.256 e. The van der Waals surface area contributed by atoms with Gasteiger partial charge in [0.2, 0.25) is 0 Å². The molecule has 5 heteroatoms. The number of benzene rings is 4. The fourth-order valence-corrected chi connectivity index (χ4v) is 4.34. The number of nitrogens with zero attached hydrogens (tertiary/aromatic N) is 2. The highest BCUT2D eigenvalue weighted by Crippen LogP contribution is 2.42. The van der Waals surface area contributed by atoms with Crippen molar-refractivity contribution in [2.45, 2.75) is 6.54 Å². The Morgan fingerprint density at radius 3 is 1.92 bits per heavy atom. The standard InChI is InChI=1S/C31H22FN3O/c32-26-18-16-25(17-19-26)31(36)34-30-27(20-33)28(23-12-6-2-7-13-23)29(24-14-8-3-9-15-24)35(30)21-22-10-4-1-5-11-22/h1-19H,21H2,(H,34,36). The molecule has 0 atom stereocenters. The topological polar surface area (TPSA) is 57.8 Å². The molecule has 0 unspecified atom stereocenters. The molecular weight excluding hydrogens is 449 g/mol. The smallest absolute Gasteiger partial charge is 0.256 e. The molecule has 1 N–H and O–H groups in total. The second kappa shape index (κ2) is 10.1. The number of aromatic nitrogens is 1. The van der Waals surface area contributed by atoms with Crippen molar-refractivity contribution in [3.63, 3.8) is 0 Å². The summed E-state index contributed by atoms with van der Waals surface area (Å²) < 4.78 is 15.4. The average molecular weight is 472 g/mol. The third-order valence-electron chi connectivity index (χ3n) is 6.01. The third-order valence-corrected chi connectivity index (χ3v) is 6.01. The SMILES string of the molecule is N#Cc1c(-c2ccccc2)c(-c2ccccc2)n(Cc2ccccc2)c1NC(=O)c1ccc(F)cc1. The van der Waals surface area contributed by atoms with Gasteiger partial charge in [-0.3, -0.25) is 4.79 Å². The van der Waals surface area contributed by atoms with Crippen LogP contribution in [0.25, 0.3) is 22.4 Å². The number of carbonyl (C=O) groups is 1. The van der Waals surface area contributed by atoms with Gasteiger partial charge in [-0.2, -0.15) is 5.26 Å². The van der Waals surface area contributed by atoms with Crippen molar-refractivity contribution in [3.8, 4) is 28.5 Å². The van der Waals surface area contributed by atoms with Crippen molar-refractivity contribution in [1.29, 1.82) is 5.26 Å². The summed E-state index contributed by atoms with van der Waals surface area (Å²) >= 11 is 0. The van der Waals surface area contributed by atoms with Crippen LogP contribution in [0.2, 0.25) is 0 Å². The molecule has 0 aliphatic heterocycles. The summed E-state index contributed by atoms with van der Waals surface area (Å²) in [6.07, 6.45) is 0. The van der Waals surface area contributed by atoms with Crippen LogP contribution in [-0.2, 0) is 6.54 Å². The van der Waals surface area contributed by atoms with E-state index in [9.17, 15) is 14.4 Å². The van der Waals surface area contributed by atoms with E-state index in [-0.39, 0.29) is 0 Å². The average Bonchev–Trinajstić information content (AvgIpc) is 3.23. The largest absolute Gasteiger partial charge is 0.321 e. The number of rotatable bonds is 6. The lowest BCUT2D eigenvalue weighted by molar-refractivity contribution is 0.102. The summed E-state index contributed by atoms with van der Waals surface area (Å²) in [7, 11) is 0. The summed E-state index contributed by atoms with van der Waals surface area (Å²) in [5.41, 5.74) is 5.06. The van der Waals surface area contributed by atoms with Crippen molar-refractivity contribution in [2.75, 3.05) is 5.32 Å². The predicted molar refractivity (Wildman–Crippen MR) is 140 cm³/mol. The lowest BCUT2D eigenvalue weighted by atomic mass is 9.98. The molecule has 0 fully saturated rings. The van der Waals surface area contributed by atoms with Crippen molar-refractivity contribution in [1.82, 2.24) is 4.57 Å². The Morgan fingerprint density at radius 1 is 0.778 bits per heavy atom. The first-order valence-electron chi connectivity index (χ1n) is 11.5. The van der Waals surface area contributed by atoms with E-state index < -0.39 is 11.7 Å². The number of hydrogen-bond acceptors (Lipinski definition) is 2. The highest BCUT2D eigenvalue weighted by atomic mass is 19.1. The van der Waals surface area contributed by atoms with Crippen LogP contribution in [0, 0.1) is 17.1 Å². The van der Waals surface area contributed by atoms with Gasteiger partial charge < -0.3 is 9.88 Å². The Hall–Kier alpha value is -4.95. The molecule has 0 aliphatic carbocycles. The molecule has 174 valence electrons. The molecule has 0 saturated carbocycles. The normalized spacial score (nSPS) is 10.6. The van der Waals surface area contributed by atoms with Gasteiger partial charge >= 0.3 is 0 Å². The molecule has 0 bridgehead atoms. The van der Waals surface area contributed by atoms with E-state index in [1.807, 2.05) is 95.6 Å². The van der Waals surface area contributed by atoms with E-state index in [4.69, 9.17) is 0 Å². The van der Waals surface area contributed by atoms with Crippen LogP contribution in [0.3, 0.4) is 0 Å². The van der Waals surface area contributed by atoms with Crippen LogP contribution in [0.1, 0.15) is 21.5 Å². The quantitative estimate of drug-likeness (QED) is 0.286. The maximum absolute atomic E-state index is 13.5. The second-order valence-electron chi connectivity index (χ2n) is 8.32. The van der Waals surface area contributed by atoms with Crippen molar-refractivity contribution < 1.29 is 9.18 Å². The molecule has 4 nitrogen and oxygen atoms in total. The zero-order valence-corrected chi connectivity index (χ0v) is 19.4. The van der Waals surface area contributed by atoms with Gasteiger partial charge in [-0.15, -0.1) is 0 Å². The maximum atomic E-state index is 13.5. The van der Waals surface area contributed by atoms with E-state index in [1.54, 1.807) is 0 Å². The Morgan fingerprint density at radius 2 is 1.33 bits per heavy atom. The number of halogens is 1. The van der Waals surface area contributed by atoms with Crippen LogP contribution in [-0.4, -0.2) is 10.5 Å². The zero-order chi connectivity index (χ0) is 24.9. The Kier molecular flexibility index (Phi) is 6.42. The van der Waals surface area contributed by atoms with Crippen molar-refractivity contribution in [3.05, 3.63) is 138 Å². The van der Waals surface area contributed by atoms with Gasteiger partial charge in [0.1, 0.15) is 23.3 Å². The van der Waals surface area contributed by atoms with Crippen LogP contribution >= 0.6 is 0 Å². The summed E-state index contributed by atoms with van der Waals surface area (Å²) in [6.45, 7) is 0.436. The van der Waals surface area contributed by atoms with E-state index in [2.05, 4.69) is 11.4 Å². The molecule has 1 aromatic heterocycles. The van der Waals surface area contributed by atoms with Gasteiger partial charge in [0.15, 0.2) is 0 Å². The van der Waals surface area contributed by atoms with Crippen molar-refractivity contribution in [2.24, 2.45) is 0 Å². The number of amides is 1. The third kappa shape index (κ3) is 4.53.